The van der Waals surface area contributed by atoms with Crippen molar-refractivity contribution in [3.05, 3.63) is 46.5 Å². The van der Waals surface area contributed by atoms with Crippen LogP contribution in [0.2, 0.25) is 0 Å². The molecule has 1 aromatic carbocycles. The summed E-state index contributed by atoms with van der Waals surface area (Å²) in [6.45, 7) is 6.59. The molecule has 0 saturated carbocycles. The summed E-state index contributed by atoms with van der Waals surface area (Å²) in [6.07, 6.45) is 1.45. The maximum atomic E-state index is 11.7. The number of carbonyl (C=O) groups is 1. The fraction of sp³-hybridized carbons (Fsp3) is 0.438. The first-order valence-corrected chi connectivity index (χ1v) is 6.53. The highest BCUT2D eigenvalue weighted by molar-refractivity contribution is 5.72. The van der Waals surface area contributed by atoms with Crippen molar-refractivity contribution in [3.8, 4) is 0 Å². The first kappa shape index (κ1) is 12.9. The molecule has 0 heterocycles. The van der Waals surface area contributed by atoms with Gasteiger partial charge in [0.15, 0.2) is 0 Å². The van der Waals surface area contributed by atoms with E-state index in [0.29, 0.717) is 13.0 Å². The van der Waals surface area contributed by atoms with Gasteiger partial charge < -0.3 is 4.74 Å². The minimum atomic E-state index is -0.105. The van der Waals surface area contributed by atoms with E-state index in [-0.39, 0.29) is 11.9 Å². The van der Waals surface area contributed by atoms with E-state index in [0.717, 1.165) is 6.42 Å². The Kier molecular flexibility index (Phi) is 3.85. The molecule has 96 valence electrons. The molecule has 1 atom stereocenters. The van der Waals surface area contributed by atoms with Crippen molar-refractivity contribution in [2.24, 2.45) is 0 Å². The zero-order valence-electron chi connectivity index (χ0n) is 11.3. The van der Waals surface area contributed by atoms with Crippen molar-refractivity contribution < 1.29 is 9.53 Å². The highest BCUT2D eigenvalue weighted by atomic mass is 16.5. The number of hydrogen-bond donors (Lipinski definition) is 0. The highest BCUT2D eigenvalue weighted by Crippen LogP contribution is 2.37. The number of allylic oxidation sites excluding steroid dienone is 2. The molecule has 0 aromatic heterocycles. The van der Waals surface area contributed by atoms with Crippen LogP contribution in [0.25, 0.3) is 0 Å². The standard InChI is InChI=1S/C16H20O2/c1-4-18-16(17)10-15-12(3)11(2)9-13-7-5-6-8-14(13)15/h5-8,15H,4,9-10H2,1-3H3. The molecule has 0 fully saturated rings. The van der Waals surface area contributed by atoms with Gasteiger partial charge >= 0.3 is 5.97 Å². The summed E-state index contributed by atoms with van der Waals surface area (Å²) >= 11 is 0. The van der Waals surface area contributed by atoms with Crippen LogP contribution in [0.5, 0.6) is 0 Å². The van der Waals surface area contributed by atoms with Crippen LogP contribution in [-0.2, 0) is 16.0 Å². The van der Waals surface area contributed by atoms with Crippen molar-refractivity contribution in [3.63, 3.8) is 0 Å². The molecule has 1 unspecified atom stereocenters. The lowest BCUT2D eigenvalue weighted by Gasteiger charge is -2.27. The Balaban J connectivity index is 2.30. The second kappa shape index (κ2) is 5.38. The summed E-state index contributed by atoms with van der Waals surface area (Å²) in [5.74, 6) is 0.0837. The first-order chi connectivity index (χ1) is 8.63. The van der Waals surface area contributed by atoms with E-state index in [1.165, 1.54) is 22.3 Å². The van der Waals surface area contributed by atoms with Gasteiger partial charge in [-0.2, -0.15) is 0 Å². The fourth-order valence-corrected chi connectivity index (χ4v) is 2.64. The smallest absolute Gasteiger partial charge is 0.306 e. The monoisotopic (exact) mass is 244 g/mol. The first-order valence-electron chi connectivity index (χ1n) is 6.53. The van der Waals surface area contributed by atoms with Crippen molar-refractivity contribution in [2.45, 2.75) is 39.5 Å². The molecule has 2 heteroatoms. The van der Waals surface area contributed by atoms with Crippen LogP contribution in [-0.4, -0.2) is 12.6 Å². The topological polar surface area (TPSA) is 26.3 Å². The number of benzene rings is 1. The number of fused-ring (bicyclic) bond motifs is 1. The van der Waals surface area contributed by atoms with Gasteiger partial charge in [-0.15, -0.1) is 0 Å². The lowest BCUT2D eigenvalue weighted by Crippen LogP contribution is -2.17. The minimum absolute atomic E-state index is 0.105. The van der Waals surface area contributed by atoms with E-state index in [1.807, 2.05) is 13.0 Å². The fourth-order valence-electron chi connectivity index (χ4n) is 2.64. The van der Waals surface area contributed by atoms with E-state index in [1.54, 1.807) is 0 Å². The number of hydrogen-bond acceptors (Lipinski definition) is 2. The molecule has 0 spiro atoms. The molecule has 1 aliphatic rings. The van der Waals surface area contributed by atoms with Gasteiger partial charge in [0.2, 0.25) is 0 Å². The summed E-state index contributed by atoms with van der Waals surface area (Å²) in [4.78, 5) is 11.7. The minimum Gasteiger partial charge on any atom is -0.466 e. The van der Waals surface area contributed by atoms with Gasteiger partial charge in [0.05, 0.1) is 13.0 Å². The third kappa shape index (κ3) is 2.47. The van der Waals surface area contributed by atoms with Crippen molar-refractivity contribution in [1.82, 2.24) is 0 Å². The van der Waals surface area contributed by atoms with E-state index in [2.05, 4.69) is 32.0 Å². The van der Waals surface area contributed by atoms with Gasteiger partial charge in [-0.25, -0.2) is 0 Å². The highest BCUT2D eigenvalue weighted by Gasteiger charge is 2.25. The van der Waals surface area contributed by atoms with Gasteiger partial charge in [-0.1, -0.05) is 35.4 Å². The average molecular weight is 244 g/mol. The Bertz CT molecular complexity index is 486. The molecule has 1 aliphatic carbocycles. The van der Waals surface area contributed by atoms with Gasteiger partial charge in [-0.05, 0) is 38.3 Å². The average Bonchev–Trinajstić information content (AvgIpc) is 2.35. The van der Waals surface area contributed by atoms with Crippen molar-refractivity contribution in [2.75, 3.05) is 6.61 Å². The Morgan fingerprint density at radius 1 is 1.33 bits per heavy atom. The summed E-state index contributed by atoms with van der Waals surface area (Å²) in [7, 11) is 0. The molecular formula is C16H20O2. The predicted molar refractivity (Wildman–Crippen MR) is 72.5 cm³/mol. The van der Waals surface area contributed by atoms with Gasteiger partial charge in [0.1, 0.15) is 0 Å². The Morgan fingerprint density at radius 3 is 2.78 bits per heavy atom. The molecule has 0 radical (unpaired) electrons. The zero-order valence-corrected chi connectivity index (χ0v) is 11.3. The quantitative estimate of drug-likeness (QED) is 0.599. The second-order valence-electron chi connectivity index (χ2n) is 4.90. The van der Waals surface area contributed by atoms with Crippen molar-refractivity contribution >= 4 is 5.97 Å². The van der Waals surface area contributed by atoms with Crippen LogP contribution >= 0.6 is 0 Å². The molecule has 0 amide bonds. The van der Waals surface area contributed by atoms with E-state index >= 15 is 0 Å². The van der Waals surface area contributed by atoms with Crippen LogP contribution in [0, 0.1) is 0 Å². The molecule has 2 rings (SSSR count). The Labute approximate surface area is 109 Å². The predicted octanol–water partition coefficient (Wildman–Crippen LogP) is 3.62. The van der Waals surface area contributed by atoms with Crippen LogP contribution in [0.1, 0.15) is 44.2 Å². The zero-order chi connectivity index (χ0) is 13.1. The number of ether oxygens (including phenoxy) is 1. The van der Waals surface area contributed by atoms with Gasteiger partial charge in [0, 0.05) is 5.92 Å². The number of esters is 1. The molecule has 0 aliphatic heterocycles. The van der Waals surface area contributed by atoms with Crippen LogP contribution < -0.4 is 0 Å². The lowest BCUT2D eigenvalue weighted by molar-refractivity contribution is -0.143. The van der Waals surface area contributed by atoms with Crippen LogP contribution in [0.4, 0.5) is 0 Å². The van der Waals surface area contributed by atoms with Crippen LogP contribution in [0.3, 0.4) is 0 Å². The molecule has 0 N–H and O–H groups in total. The SMILES string of the molecule is CCOC(=O)CC1C(C)=C(C)Cc2ccccc21. The molecule has 18 heavy (non-hydrogen) atoms. The van der Waals surface area contributed by atoms with E-state index in [9.17, 15) is 4.79 Å². The molecule has 2 nitrogen and oxygen atoms in total. The van der Waals surface area contributed by atoms with Gasteiger partial charge in [0.25, 0.3) is 0 Å². The summed E-state index contributed by atoms with van der Waals surface area (Å²) in [6, 6.07) is 8.40. The normalized spacial score (nSPS) is 18.5. The Hall–Kier alpha value is -1.57. The molecule has 1 aromatic rings. The molecule has 0 bridgehead atoms. The van der Waals surface area contributed by atoms with E-state index in [4.69, 9.17) is 4.74 Å². The molecular weight excluding hydrogens is 224 g/mol. The third-order valence-electron chi connectivity index (χ3n) is 3.76. The second-order valence-corrected chi connectivity index (χ2v) is 4.90. The van der Waals surface area contributed by atoms with E-state index < -0.39 is 0 Å². The van der Waals surface area contributed by atoms with Gasteiger partial charge in [-0.3, -0.25) is 4.79 Å². The summed E-state index contributed by atoms with van der Waals surface area (Å²) < 4.78 is 5.08. The lowest BCUT2D eigenvalue weighted by atomic mass is 9.77. The maximum Gasteiger partial charge on any atom is 0.306 e. The maximum absolute atomic E-state index is 11.7. The largest absolute Gasteiger partial charge is 0.466 e. The number of rotatable bonds is 3. The Morgan fingerprint density at radius 2 is 2.06 bits per heavy atom. The van der Waals surface area contributed by atoms with Crippen molar-refractivity contribution in [1.29, 1.82) is 0 Å². The summed E-state index contributed by atoms with van der Waals surface area (Å²) in [5, 5.41) is 0. The third-order valence-corrected chi connectivity index (χ3v) is 3.76. The molecule has 0 saturated heterocycles. The summed E-state index contributed by atoms with van der Waals surface area (Å²) in [5.41, 5.74) is 5.33. The van der Waals surface area contributed by atoms with Crippen LogP contribution in [0.15, 0.2) is 35.4 Å². The number of carbonyl (C=O) groups excluding carboxylic acids is 1.